The molecule has 5 nitrogen and oxygen atoms in total. The first-order chi connectivity index (χ1) is 20.4. The summed E-state index contributed by atoms with van der Waals surface area (Å²) in [7, 11) is 0. The SMILES string of the molecule is CC1(C)COC2(CCC3=C4[C@@H](CC[C@@]3(O)C2)[C@@H]2CC[C@@](O)(C(F)(F)C(F)(F)F)[C@@]2(C)C[C@@H]4c2ccc(C#CC=O)cc2)OC1. The van der Waals surface area contributed by atoms with Crippen LogP contribution in [0.3, 0.4) is 0 Å². The van der Waals surface area contributed by atoms with Gasteiger partial charge >= 0.3 is 12.1 Å². The van der Waals surface area contributed by atoms with Crippen LogP contribution in [0.5, 0.6) is 0 Å². The molecule has 6 atom stereocenters. The fourth-order valence-corrected chi connectivity index (χ4v) is 9.22. The second-order valence-electron chi connectivity index (χ2n) is 14.7. The highest BCUT2D eigenvalue weighted by atomic mass is 19.4. The summed E-state index contributed by atoms with van der Waals surface area (Å²) in [5, 5.41) is 23.7. The van der Waals surface area contributed by atoms with Crippen LogP contribution in [0.25, 0.3) is 0 Å². The second kappa shape index (κ2) is 10.1. The average Bonchev–Trinajstić information content (AvgIpc) is 3.24. The van der Waals surface area contributed by atoms with Gasteiger partial charge < -0.3 is 19.7 Å². The van der Waals surface area contributed by atoms with Gasteiger partial charge in [0, 0.05) is 35.2 Å². The number of benzene rings is 1. The maximum atomic E-state index is 15.2. The first kappa shape index (κ1) is 31.7. The van der Waals surface area contributed by atoms with Crippen molar-refractivity contribution in [2.24, 2.45) is 22.7 Å². The molecule has 1 aliphatic heterocycles. The molecule has 1 aromatic carbocycles. The van der Waals surface area contributed by atoms with Crippen molar-refractivity contribution >= 4 is 6.29 Å². The lowest BCUT2D eigenvalue weighted by Crippen LogP contribution is -2.65. The Morgan fingerprint density at radius 2 is 1.61 bits per heavy atom. The van der Waals surface area contributed by atoms with Crippen molar-refractivity contribution in [3.8, 4) is 11.8 Å². The zero-order valence-electron chi connectivity index (χ0n) is 25.2. The van der Waals surface area contributed by atoms with Gasteiger partial charge in [-0.25, -0.2) is 0 Å². The number of hydrogen-bond donors (Lipinski definition) is 2. The maximum Gasteiger partial charge on any atom is 0.456 e. The number of fused-ring (bicyclic) bond motifs is 4. The van der Waals surface area contributed by atoms with Gasteiger partial charge in [-0.1, -0.05) is 44.4 Å². The molecule has 2 N–H and O–H groups in total. The van der Waals surface area contributed by atoms with Gasteiger partial charge in [0.05, 0.1) is 18.8 Å². The van der Waals surface area contributed by atoms with Crippen LogP contribution in [0.2, 0.25) is 0 Å². The van der Waals surface area contributed by atoms with E-state index in [1.165, 1.54) is 6.92 Å². The molecular weight excluding hydrogens is 583 g/mol. The summed E-state index contributed by atoms with van der Waals surface area (Å²) >= 11 is 0. The Kier molecular flexibility index (Phi) is 7.26. The van der Waals surface area contributed by atoms with Gasteiger partial charge in [-0.05, 0) is 79.6 Å². The average molecular weight is 623 g/mol. The van der Waals surface area contributed by atoms with Gasteiger partial charge in [-0.3, -0.25) is 4.79 Å². The molecule has 0 bridgehead atoms. The summed E-state index contributed by atoms with van der Waals surface area (Å²) in [6.45, 7) is 6.43. The Balaban J connectivity index is 1.46. The molecule has 0 aromatic heterocycles. The van der Waals surface area contributed by atoms with Crippen molar-refractivity contribution in [2.45, 2.75) is 107 Å². The van der Waals surface area contributed by atoms with Crippen LogP contribution in [-0.2, 0) is 14.3 Å². The fourth-order valence-electron chi connectivity index (χ4n) is 9.22. The Morgan fingerprint density at radius 1 is 0.955 bits per heavy atom. The molecule has 10 heteroatoms. The number of ether oxygens (including phenoxy) is 2. The predicted octanol–water partition coefficient (Wildman–Crippen LogP) is 6.46. The quantitative estimate of drug-likeness (QED) is 0.171. The van der Waals surface area contributed by atoms with Crippen LogP contribution in [0.1, 0.15) is 89.2 Å². The lowest BCUT2D eigenvalue weighted by molar-refractivity contribution is -0.362. The van der Waals surface area contributed by atoms with Gasteiger partial charge in [-0.15, -0.1) is 0 Å². The highest BCUT2D eigenvalue weighted by Crippen LogP contribution is 2.71. The van der Waals surface area contributed by atoms with Crippen molar-refractivity contribution < 1.29 is 46.4 Å². The minimum Gasteiger partial charge on any atom is -0.385 e. The Labute approximate surface area is 254 Å². The van der Waals surface area contributed by atoms with Crippen molar-refractivity contribution in [2.75, 3.05) is 13.2 Å². The first-order valence-electron chi connectivity index (χ1n) is 15.4. The summed E-state index contributed by atoms with van der Waals surface area (Å²) in [5.74, 6) is -2.83. The number of hydrogen-bond acceptors (Lipinski definition) is 5. The molecule has 4 aliphatic carbocycles. The van der Waals surface area contributed by atoms with Gasteiger partial charge in [0.25, 0.3) is 0 Å². The highest BCUT2D eigenvalue weighted by Gasteiger charge is 2.79. The molecule has 1 aromatic rings. The van der Waals surface area contributed by atoms with Crippen molar-refractivity contribution in [3.63, 3.8) is 0 Å². The van der Waals surface area contributed by atoms with Crippen LogP contribution >= 0.6 is 0 Å². The second-order valence-corrected chi connectivity index (χ2v) is 14.7. The van der Waals surface area contributed by atoms with Crippen molar-refractivity contribution in [1.82, 2.24) is 0 Å². The van der Waals surface area contributed by atoms with Gasteiger partial charge in [0.15, 0.2) is 12.1 Å². The molecule has 44 heavy (non-hydrogen) atoms. The summed E-state index contributed by atoms with van der Waals surface area (Å²) in [4.78, 5) is 10.7. The molecule has 1 saturated heterocycles. The molecule has 1 spiro atoms. The third kappa shape index (κ3) is 4.59. The molecule has 4 fully saturated rings. The molecular formula is C34H39F5O5. The van der Waals surface area contributed by atoms with Gasteiger partial charge in [0.1, 0.15) is 5.60 Å². The summed E-state index contributed by atoms with van der Waals surface area (Å²) in [6, 6.07) is 6.86. The zero-order chi connectivity index (χ0) is 32.0. The van der Waals surface area contributed by atoms with E-state index < -0.39 is 52.8 Å². The van der Waals surface area contributed by atoms with Crippen molar-refractivity contribution in [1.29, 1.82) is 0 Å². The summed E-state index contributed by atoms with van der Waals surface area (Å²) in [6.07, 6.45) is -4.42. The van der Waals surface area contributed by atoms with E-state index in [1.807, 2.05) is 13.8 Å². The Hall–Kier alpha value is -2.32. The Morgan fingerprint density at radius 3 is 2.23 bits per heavy atom. The van der Waals surface area contributed by atoms with E-state index in [-0.39, 0.29) is 30.6 Å². The molecule has 1 heterocycles. The zero-order valence-corrected chi connectivity index (χ0v) is 25.2. The third-order valence-electron chi connectivity index (χ3n) is 11.5. The van der Waals surface area contributed by atoms with Crippen molar-refractivity contribution in [3.05, 3.63) is 46.5 Å². The number of rotatable bonds is 2. The minimum absolute atomic E-state index is 0.0245. The number of carbonyl (C=O) groups excluding carboxylic acids is 1. The number of aliphatic hydroxyl groups is 2. The van der Waals surface area contributed by atoms with Gasteiger partial charge in [-0.2, -0.15) is 22.0 Å². The minimum atomic E-state index is -5.91. The van der Waals surface area contributed by atoms with E-state index in [1.54, 1.807) is 24.3 Å². The van der Waals surface area contributed by atoms with Crippen LogP contribution < -0.4 is 0 Å². The summed E-state index contributed by atoms with van der Waals surface area (Å²) in [5.41, 5.74) is -3.58. The highest BCUT2D eigenvalue weighted by molar-refractivity contribution is 5.74. The number of carbonyl (C=O) groups is 1. The van der Waals surface area contributed by atoms with E-state index >= 15 is 8.78 Å². The predicted molar refractivity (Wildman–Crippen MR) is 150 cm³/mol. The van der Waals surface area contributed by atoms with Crippen LogP contribution in [0.15, 0.2) is 35.4 Å². The largest absolute Gasteiger partial charge is 0.456 e. The molecule has 3 saturated carbocycles. The smallest absolute Gasteiger partial charge is 0.385 e. The van der Waals surface area contributed by atoms with E-state index in [0.29, 0.717) is 56.3 Å². The molecule has 0 unspecified atom stereocenters. The number of halogens is 5. The standard InChI is InChI=1S/C34H39F5O5/c1-28(2)19-43-31(44-20-28)14-11-26-27-23(10-13-30(26,41)18-31)25-12-15-32(42,33(35,36)34(37,38)39)29(25,3)17-24(27)22-8-6-21(7-9-22)5-4-16-40/h6-9,16,23-25,41-42H,10-15,17-20H2,1-3H3/t23-,24+,25-,29-,30+,32-/m0/s1. The monoisotopic (exact) mass is 622 g/mol. The van der Waals surface area contributed by atoms with Crippen LogP contribution in [0, 0.1) is 34.5 Å². The normalized spacial score (nSPS) is 37.8. The molecule has 240 valence electrons. The Bertz CT molecular complexity index is 1410. The molecule has 0 amide bonds. The summed E-state index contributed by atoms with van der Waals surface area (Å²) < 4.78 is 84.5. The number of aldehydes is 1. The molecule has 6 rings (SSSR count). The van der Waals surface area contributed by atoms with E-state index in [9.17, 15) is 28.2 Å². The fraction of sp³-hybridized carbons (Fsp3) is 0.676. The lowest BCUT2D eigenvalue weighted by Gasteiger charge is -2.59. The topological polar surface area (TPSA) is 76.0 Å². The van der Waals surface area contributed by atoms with E-state index in [0.717, 1.165) is 11.1 Å². The maximum absolute atomic E-state index is 15.2. The van der Waals surface area contributed by atoms with E-state index in [2.05, 4.69) is 11.8 Å². The molecule has 5 aliphatic rings. The van der Waals surface area contributed by atoms with E-state index in [4.69, 9.17) is 9.47 Å². The number of alkyl halides is 5. The first-order valence-corrected chi connectivity index (χ1v) is 15.4. The molecule has 0 radical (unpaired) electrons. The number of allylic oxidation sites excluding steroid dienone is 1. The lowest BCUT2D eigenvalue weighted by atomic mass is 9.49. The van der Waals surface area contributed by atoms with Crippen LogP contribution in [-0.4, -0.2) is 58.8 Å². The van der Waals surface area contributed by atoms with Crippen LogP contribution in [0.4, 0.5) is 22.0 Å². The van der Waals surface area contributed by atoms with Gasteiger partial charge in [0.2, 0.25) is 0 Å². The third-order valence-corrected chi connectivity index (χ3v) is 11.5.